The van der Waals surface area contributed by atoms with Crippen molar-refractivity contribution in [1.29, 1.82) is 0 Å². The fourth-order valence-corrected chi connectivity index (χ4v) is 3.52. The van der Waals surface area contributed by atoms with Crippen LogP contribution in [0.3, 0.4) is 0 Å². The van der Waals surface area contributed by atoms with E-state index < -0.39 is 11.2 Å². The van der Waals surface area contributed by atoms with E-state index in [1.54, 1.807) is 14.2 Å². The maximum Gasteiger partial charge on any atom is 0.129 e. The lowest BCUT2D eigenvalue weighted by atomic mass is 9.78. The SMILES string of the molecule is CO[C@]1(c2ccc(Cl)cc2)C=C[C@@](OC)(C2C=CC(Br)=NC2)C=C1. The number of aliphatic imine (C=N–C) groups is 1. The Morgan fingerprint density at radius 3 is 2.25 bits per heavy atom. The molecule has 0 aromatic heterocycles. The molecule has 126 valence electrons. The summed E-state index contributed by atoms with van der Waals surface area (Å²) in [5.74, 6) is 0.136. The van der Waals surface area contributed by atoms with Crippen LogP contribution in [0.5, 0.6) is 0 Å². The van der Waals surface area contributed by atoms with Gasteiger partial charge in [-0.3, -0.25) is 4.99 Å². The summed E-state index contributed by atoms with van der Waals surface area (Å²) in [5, 5.41) is 0.704. The maximum atomic E-state index is 6.00. The number of dihydropyridines is 1. The highest BCUT2D eigenvalue weighted by Crippen LogP contribution is 2.39. The Morgan fingerprint density at radius 1 is 1.08 bits per heavy atom. The monoisotopic (exact) mass is 407 g/mol. The van der Waals surface area contributed by atoms with Crippen LogP contribution in [0.2, 0.25) is 5.02 Å². The number of methoxy groups -OCH3 is 2. The first-order valence-corrected chi connectivity index (χ1v) is 8.86. The number of hydrogen-bond donors (Lipinski definition) is 0. The standard InChI is InChI=1S/C19H19BrClNO2/c1-23-18(14-3-6-16(21)7-4-14)9-11-19(24-2,12-10-18)15-5-8-17(20)22-13-15/h3-12,15H,13H2,1-2H3/t15?,18-,19+. The molecule has 1 heterocycles. The minimum atomic E-state index is -0.616. The fourth-order valence-electron chi connectivity index (χ4n) is 3.10. The Morgan fingerprint density at radius 2 is 1.75 bits per heavy atom. The summed E-state index contributed by atoms with van der Waals surface area (Å²) in [6, 6.07) is 7.69. The molecule has 0 fully saturated rings. The molecule has 2 aliphatic rings. The average molecular weight is 409 g/mol. The van der Waals surface area contributed by atoms with Crippen LogP contribution in [0.4, 0.5) is 0 Å². The van der Waals surface area contributed by atoms with E-state index in [9.17, 15) is 0 Å². The molecule has 3 rings (SSSR count). The van der Waals surface area contributed by atoms with Crippen LogP contribution in [-0.4, -0.2) is 31.0 Å². The van der Waals surface area contributed by atoms with E-state index in [4.69, 9.17) is 21.1 Å². The third kappa shape index (κ3) is 3.16. The second-order valence-corrected chi connectivity index (χ2v) is 7.11. The van der Waals surface area contributed by atoms with Gasteiger partial charge >= 0.3 is 0 Å². The zero-order valence-electron chi connectivity index (χ0n) is 13.6. The highest BCUT2D eigenvalue weighted by Gasteiger charge is 2.40. The van der Waals surface area contributed by atoms with Crippen molar-refractivity contribution in [3.05, 3.63) is 71.3 Å². The van der Waals surface area contributed by atoms with Gasteiger partial charge in [-0.25, -0.2) is 0 Å². The van der Waals surface area contributed by atoms with Crippen molar-refractivity contribution in [3.63, 3.8) is 0 Å². The molecular weight excluding hydrogens is 390 g/mol. The van der Waals surface area contributed by atoms with E-state index in [2.05, 4.69) is 39.2 Å². The highest BCUT2D eigenvalue weighted by atomic mass is 79.9. The van der Waals surface area contributed by atoms with Crippen LogP contribution < -0.4 is 0 Å². The van der Waals surface area contributed by atoms with E-state index in [-0.39, 0.29) is 5.92 Å². The molecule has 1 aromatic carbocycles. The van der Waals surface area contributed by atoms with Crippen LogP contribution in [-0.2, 0) is 15.1 Å². The number of hydrogen-bond acceptors (Lipinski definition) is 3. The van der Waals surface area contributed by atoms with Crippen molar-refractivity contribution in [1.82, 2.24) is 0 Å². The number of nitrogens with zero attached hydrogens (tertiary/aromatic N) is 1. The third-order valence-electron chi connectivity index (χ3n) is 4.65. The summed E-state index contributed by atoms with van der Waals surface area (Å²) in [5.41, 5.74) is -0.122. The van der Waals surface area contributed by atoms with Gasteiger partial charge in [0.1, 0.15) is 11.2 Å². The normalized spacial score (nSPS) is 32.0. The molecule has 0 radical (unpaired) electrons. The minimum absolute atomic E-state index is 0.136. The number of allylic oxidation sites excluding steroid dienone is 1. The molecule has 0 bridgehead atoms. The quantitative estimate of drug-likeness (QED) is 0.678. The number of halogens is 2. The van der Waals surface area contributed by atoms with Gasteiger partial charge in [0.05, 0.1) is 4.62 Å². The van der Waals surface area contributed by atoms with Crippen molar-refractivity contribution in [2.24, 2.45) is 10.9 Å². The van der Waals surface area contributed by atoms with Crippen LogP contribution in [0.25, 0.3) is 0 Å². The lowest BCUT2D eigenvalue weighted by Crippen LogP contribution is -2.41. The van der Waals surface area contributed by atoms with Crippen molar-refractivity contribution in [2.75, 3.05) is 20.8 Å². The lowest BCUT2D eigenvalue weighted by Gasteiger charge is -2.39. The molecule has 5 heteroatoms. The molecule has 0 saturated heterocycles. The molecule has 1 atom stereocenters. The largest absolute Gasteiger partial charge is 0.369 e. The van der Waals surface area contributed by atoms with Crippen molar-refractivity contribution in [3.8, 4) is 0 Å². The second-order valence-electron chi connectivity index (χ2n) is 5.86. The predicted octanol–water partition coefficient (Wildman–Crippen LogP) is 4.67. The van der Waals surface area contributed by atoms with Crippen LogP contribution in [0.15, 0.2) is 65.7 Å². The zero-order valence-corrected chi connectivity index (χ0v) is 15.9. The molecule has 0 amide bonds. The van der Waals surface area contributed by atoms with Gasteiger partial charge in [0.2, 0.25) is 0 Å². The predicted molar refractivity (Wildman–Crippen MR) is 102 cm³/mol. The summed E-state index contributed by atoms with van der Waals surface area (Å²) in [6.45, 7) is 0.667. The number of rotatable bonds is 4. The first-order valence-electron chi connectivity index (χ1n) is 7.69. The van der Waals surface area contributed by atoms with Gasteiger partial charge in [-0.05, 0) is 64.0 Å². The van der Waals surface area contributed by atoms with E-state index in [0.29, 0.717) is 11.6 Å². The van der Waals surface area contributed by atoms with E-state index >= 15 is 0 Å². The number of ether oxygens (including phenoxy) is 2. The van der Waals surface area contributed by atoms with Crippen molar-refractivity contribution in [2.45, 2.75) is 11.2 Å². The highest BCUT2D eigenvalue weighted by molar-refractivity contribution is 9.18. The first-order chi connectivity index (χ1) is 11.5. The Balaban J connectivity index is 1.92. The van der Waals surface area contributed by atoms with E-state index in [1.165, 1.54) is 0 Å². The summed E-state index contributed by atoms with van der Waals surface area (Å²) in [7, 11) is 3.42. The first kappa shape index (κ1) is 17.6. The molecule has 1 aromatic rings. The minimum Gasteiger partial charge on any atom is -0.369 e. The molecule has 3 nitrogen and oxygen atoms in total. The Bertz CT molecular complexity index is 707. The van der Waals surface area contributed by atoms with Gasteiger partial charge in [0.15, 0.2) is 0 Å². The van der Waals surface area contributed by atoms with Crippen molar-refractivity contribution < 1.29 is 9.47 Å². The molecule has 1 aliphatic carbocycles. The van der Waals surface area contributed by atoms with Gasteiger partial charge in [0, 0.05) is 31.7 Å². The Hall–Kier alpha value is -1.20. The zero-order chi connectivity index (χ0) is 17.2. The molecular formula is C19H19BrClNO2. The van der Waals surface area contributed by atoms with Crippen LogP contribution in [0.1, 0.15) is 5.56 Å². The van der Waals surface area contributed by atoms with Gasteiger partial charge in [-0.2, -0.15) is 0 Å². The maximum absolute atomic E-state index is 6.00. The Labute approximate surface area is 155 Å². The molecule has 0 N–H and O–H groups in total. The summed E-state index contributed by atoms with van der Waals surface area (Å²) >= 11 is 9.40. The molecule has 1 aliphatic heterocycles. The topological polar surface area (TPSA) is 30.8 Å². The third-order valence-corrected chi connectivity index (χ3v) is 5.42. The number of benzene rings is 1. The average Bonchev–Trinajstić information content (AvgIpc) is 2.63. The summed E-state index contributed by atoms with van der Waals surface area (Å²) in [4.78, 5) is 4.46. The molecule has 0 saturated carbocycles. The van der Waals surface area contributed by atoms with E-state index in [0.717, 1.165) is 10.2 Å². The fraction of sp³-hybridized carbons (Fsp3) is 0.316. The Kier molecular flexibility index (Phi) is 5.11. The van der Waals surface area contributed by atoms with Gasteiger partial charge < -0.3 is 9.47 Å². The van der Waals surface area contributed by atoms with Crippen molar-refractivity contribution >= 4 is 32.2 Å². The van der Waals surface area contributed by atoms with Crippen LogP contribution >= 0.6 is 27.5 Å². The second kappa shape index (κ2) is 6.96. The lowest BCUT2D eigenvalue weighted by molar-refractivity contribution is 0.0235. The molecule has 0 spiro atoms. The molecule has 1 unspecified atom stereocenters. The summed E-state index contributed by atoms with van der Waals surface area (Å²) in [6.07, 6.45) is 12.3. The smallest absolute Gasteiger partial charge is 0.129 e. The van der Waals surface area contributed by atoms with Gasteiger partial charge in [-0.15, -0.1) is 0 Å². The molecule has 24 heavy (non-hydrogen) atoms. The van der Waals surface area contributed by atoms with Gasteiger partial charge in [-0.1, -0.05) is 29.8 Å². The van der Waals surface area contributed by atoms with Gasteiger partial charge in [0.25, 0.3) is 0 Å². The van der Waals surface area contributed by atoms with E-state index in [1.807, 2.05) is 42.5 Å². The van der Waals surface area contributed by atoms with Crippen LogP contribution in [0, 0.1) is 5.92 Å². The summed E-state index contributed by atoms with van der Waals surface area (Å²) < 4.78 is 12.5.